The first kappa shape index (κ1) is 23.9. The maximum Gasteiger partial charge on any atom is 0.274 e. The highest BCUT2D eigenvalue weighted by atomic mass is 35.5. The summed E-state index contributed by atoms with van der Waals surface area (Å²) in [4.78, 5) is 31.7. The second kappa shape index (κ2) is 9.67. The van der Waals surface area contributed by atoms with Crippen molar-refractivity contribution in [3.63, 3.8) is 0 Å². The summed E-state index contributed by atoms with van der Waals surface area (Å²) < 4.78 is 1.36. The highest BCUT2D eigenvalue weighted by molar-refractivity contribution is 6.32. The Balaban J connectivity index is 1.52. The Hall–Kier alpha value is -3.83. The Bertz CT molecular complexity index is 1480. The topological polar surface area (TPSA) is 133 Å². The van der Waals surface area contributed by atoms with E-state index in [9.17, 15) is 9.59 Å². The number of nitrogens with zero attached hydrogens (tertiary/aromatic N) is 7. The van der Waals surface area contributed by atoms with Crippen LogP contribution in [0.25, 0.3) is 5.82 Å². The molecule has 0 bridgehead atoms. The first-order valence-corrected chi connectivity index (χ1v) is 11.9. The zero-order valence-electron chi connectivity index (χ0n) is 19.4. The number of tetrazole rings is 1. The molecule has 1 aromatic carbocycles. The van der Waals surface area contributed by atoms with Crippen LogP contribution in [0.3, 0.4) is 0 Å². The Morgan fingerprint density at radius 3 is 2.67 bits per heavy atom. The summed E-state index contributed by atoms with van der Waals surface area (Å²) in [6.45, 7) is 1.95. The van der Waals surface area contributed by atoms with Crippen LogP contribution < -0.4 is 10.6 Å². The molecule has 0 aliphatic heterocycles. The number of carbonyl (C=O) groups is 2. The van der Waals surface area contributed by atoms with Crippen LogP contribution in [-0.4, -0.2) is 53.8 Å². The molecule has 36 heavy (non-hydrogen) atoms. The average Bonchev–Trinajstić information content (AvgIpc) is 3.46. The molecule has 0 spiro atoms. The quantitative estimate of drug-likeness (QED) is 0.377. The largest absolute Gasteiger partial charge is 0.355 e. The van der Waals surface area contributed by atoms with Gasteiger partial charge in [0.2, 0.25) is 0 Å². The number of carbonyl (C=O) groups excluding carboxylic acids is 2. The minimum absolute atomic E-state index is 0.158. The van der Waals surface area contributed by atoms with E-state index in [1.165, 1.54) is 22.6 Å². The van der Waals surface area contributed by atoms with E-state index in [0.717, 1.165) is 12.8 Å². The zero-order valence-corrected chi connectivity index (χ0v) is 20.9. The highest BCUT2D eigenvalue weighted by Crippen LogP contribution is 2.37. The van der Waals surface area contributed by atoms with Crippen LogP contribution in [-0.2, 0) is 6.54 Å². The van der Waals surface area contributed by atoms with E-state index in [2.05, 4.69) is 36.1 Å². The zero-order chi connectivity index (χ0) is 25.4. The average molecular weight is 526 g/mol. The highest BCUT2D eigenvalue weighted by Gasteiger charge is 2.28. The van der Waals surface area contributed by atoms with Gasteiger partial charge in [-0.05, 0) is 60.9 Å². The van der Waals surface area contributed by atoms with Gasteiger partial charge in [0.25, 0.3) is 11.8 Å². The molecule has 2 amide bonds. The van der Waals surface area contributed by atoms with Gasteiger partial charge in [0.05, 0.1) is 22.0 Å². The number of amides is 2. The lowest BCUT2D eigenvalue weighted by atomic mass is 10.1. The van der Waals surface area contributed by atoms with E-state index < -0.39 is 5.91 Å². The van der Waals surface area contributed by atoms with Crippen molar-refractivity contribution in [3.8, 4) is 5.82 Å². The third kappa shape index (κ3) is 4.79. The number of halogens is 2. The van der Waals surface area contributed by atoms with Crippen molar-refractivity contribution in [3.05, 3.63) is 74.9 Å². The summed E-state index contributed by atoms with van der Waals surface area (Å²) in [6, 6.07) is 8.10. The van der Waals surface area contributed by atoms with Gasteiger partial charge in [-0.15, -0.1) is 10.2 Å². The smallest absolute Gasteiger partial charge is 0.274 e. The minimum Gasteiger partial charge on any atom is -0.355 e. The molecule has 0 saturated heterocycles. The summed E-state index contributed by atoms with van der Waals surface area (Å²) in [7, 11) is 1.50. The van der Waals surface area contributed by atoms with Crippen LogP contribution in [0.4, 0.5) is 5.69 Å². The van der Waals surface area contributed by atoms with Gasteiger partial charge in [-0.2, -0.15) is 9.90 Å². The fourth-order valence-electron chi connectivity index (χ4n) is 3.74. The lowest BCUT2D eigenvalue weighted by Crippen LogP contribution is -2.23. The van der Waals surface area contributed by atoms with Gasteiger partial charge in [-0.3, -0.25) is 9.59 Å². The molecule has 11 nitrogen and oxygen atoms in total. The summed E-state index contributed by atoms with van der Waals surface area (Å²) >= 11 is 12.5. The first-order chi connectivity index (χ1) is 17.3. The van der Waals surface area contributed by atoms with Crippen LogP contribution in [0, 0.1) is 6.92 Å². The Labute approximate surface area is 215 Å². The van der Waals surface area contributed by atoms with Gasteiger partial charge < -0.3 is 10.6 Å². The van der Waals surface area contributed by atoms with Gasteiger partial charge in [0.15, 0.2) is 11.6 Å². The van der Waals surface area contributed by atoms with E-state index in [1.807, 2.05) is 0 Å². The molecular formula is C23H21Cl2N9O2. The number of aryl methyl sites for hydroxylation is 1. The van der Waals surface area contributed by atoms with Crippen LogP contribution in [0.1, 0.15) is 56.7 Å². The molecule has 3 aromatic heterocycles. The number of rotatable bonds is 7. The minimum atomic E-state index is -0.517. The van der Waals surface area contributed by atoms with Gasteiger partial charge in [-0.25, -0.2) is 9.67 Å². The molecule has 184 valence electrons. The van der Waals surface area contributed by atoms with Crippen molar-refractivity contribution >= 4 is 40.7 Å². The lowest BCUT2D eigenvalue weighted by molar-refractivity contribution is 0.0964. The van der Waals surface area contributed by atoms with Crippen molar-refractivity contribution in [2.24, 2.45) is 0 Å². The van der Waals surface area contributed by atoms with Crippen LogP contribution in [0.15, 0.2) is 36.5 Å². The molecule has 5 rings (SSSR count). The monoisotopic (exact) mass is 525 g/mol. The number of aromatic nitrogens is 7. The summed E-state index contributed by atoms with van der Waals surface area (Å²) in [6.07, 6.45) is 3.67. The van der Waals surface area contributed by atoms with Crippen molar-refractivity contribution < 1.29 is 9.59 Å². The van der Waals surface area contributed by atoms with E-state index in [4.69, 9.17) is 23.2 Å². The second-order valence-electron chi connectivity index (χ2n) is 8.37. The number of nitrogens with one attached hydrogen (secondary N) is 2. The number of anilines is 1. The third-order valence-electron chi connectivity index (χ3n) is 5.66. The summed E-state index contributed by atoms with van der Waals surface area (Å²) in [5.74, 6) is 0.445. The fourth-order valence-corrected chi connectivity index (χ4v) is 4.21. The van der Waals surface area contributed by atoms with Crippen molar-refractivity contribution in [2.45, 2.75) is 32.2 Å². The molecule has 0 unspecified atom stereocenters. The molecule has 4 aromatic rings. The SMILES string of the molecule is CNC(=O)c1cc(Cl)cc(C)c1NC(=O)c1cc(Cn2nnc(C3CC3)n2)nn1-c1ncccc1Cl. The molecule has 0 radical (unpaired) electrons. The predicted molar refractivity (Wildman–Crippen MR) is 133 cm³/mol. The predicted octanol–water partition coefficient (Wildman–Crippen LogP) is 3.41. The first-order valence-electron chi connectivity index (χ1n) is 11.1. The standard InChI is InChI=1S/C23H21Cl2N9O2/c1-12-8-14(24)9-16(22(35)26-2)19(12)28-23(36)18-10-15(11-33-31-20(29-32-33)13-5-6-13)30-34(18)21-17(25)4-3-7-27-21/h3-4,7-10,13H,5-6,11H2,1-2H3,(H,26,35)(H,28,36). The normalized spacial score (nSPS) is 13.0. The molecule has 13 heteroatoms. The van der Waals surface area contributed by atoms with E-state index in [-0.39, 0.29) is 29.5 Å². The Kier molecular flexibility index (Phi) is 6.42. The summed E-state index contributed by atoms with van der Waals surface area (Å²) in [5, 5.41) is 23.3. The number of hydrogen-bond acceptors (Lipinski definition) is 7. The maximum absolute atomic E-state index is 13.5. The molecule has 0 atom stereocenters. The molecule has 1 aliphatic rings. The van der Waals surface area contributed by atoms with E-state index in [0.29, 0.717) is 38.7 Å². The third-order valence-corrected chi connectivity index (χ3v) is 6.17. The van der Waals surface area contributed by atoms with Gasteiger partial charge >= 0.3 is 0 Å². The van der Waals surface area contributed by atoms with Crippen molar-refractivity contribution in [1.29, 1.82) is 0 Å². The fraction of sp³-hybridized carbons (Fsp3) is 0.261. The van der Waals surface area contributed by atoms with Gasteiger partial charge in [-0.1, -0.05) is 23.2 Å². The van der Waals surface area contributed by atoms with Crippen molar-refractivity contribution in [1.82, 2.24) is 40.3 Å². The number of benzene rings is 1. The van der Waals surface area contributed by atoms with Crippen LogP contribution >= 0.6 is 23.2 Å². The number of hydrogen-bond donors (Lipinski definition) is 2. The van der Waals surface area contributed by atoms with Gasteiger partial charge in [0.1, 0.15) is 12.2 Å². The van der Waals surface area contributed by atoms with Crippen LogP contribution in [0.2, 0.25) is 10.0 Å². The molecule has 1 saturated carbocycles. The second-order valence-corrected chi connectivity index (χ2v) is 9.22. The van der Waals surface area contributed by atoms with Gasteiger partial charge in [0, 0.05) is 24.2 Å². The number of pyridine rings is 1. The summed E-state index contributed by atoms with van der Waals surface area (Å²) in [5.41, 5.74) is 1.84. The molecular weight excluding hydrogens is 505 g/mol. The molecule has 2 N–H and O–H groups in total. The van der Waals surface area contributed by atoms with E-state index >= 15 is 0 Å². The molecule has 3 heterocycles. The molecule has 1 aliphatic carbocycles. The molecule has 1 fully saturated rings. The Morgan fingerprint density at radius 1 is 1.14 bits per heavy atom. The maximum atomic E-state index is 13.5. The van der Waals surface area contributed by atoms with E-state index in [1.54, 1.807) is 37.4 Å². The van der Waals surface area contributed by atoms with Crippen LogP contribution in [0.5, 0.6) is 0 Å². The Morgan fingerprint density at radius 2 is 1.94 bits per heavy atom. The van der Waals surface area contributed by atoms with Crippen molar-refractivity contribution in [2.75, 3.05) is 12.4 Å². The lowest BCUT2D eigenvalue weighted by Gasteiger charge is -2.14.